The van der Waals surface area contributed by atoms with E-state index in [0.29, 0.717) is 0 Å². The molecule has 0 amide bonds. The third-order valence-corrected chi connectivity index (χ3v) is 12.9. The predicted octanol–water partition coefficient (Wildman–Crippen LogP) is 14.6. The third kappa shape index (κ3) is 8.50. The van der Waals surface area contributed by atoms with Crippen molar-refractivity contribution in [3.8, 4) is 12.3 Å². The quantitative estimate of drug-likeness (QED) is 0.0909. The van der Waals surface area contributed by atoms with Crippen LogP contribution in [0.1, 0.15) is 79.5 Å². The van der Waals surface area contributed by atoms with Crippen molar-refractivity contribution in [2.24, 2.45) is 11.8 Å². The fourth-order valence-electron chi connectivity index (χ4n) is 8.91. The van der Waals surface area contributed by atoms with Crippen LogP contribution in [0.25, 0.3) is 21.7 Å². The van der Waals surface area contributed by atoms with Gasteiger partial charge in [0.2, 0.25) is 0 Å². The van der Waals surface area contributed by atoms with Gasteiger partial charge in [-0.1, -0.05) is 116 Å². The van der Waals surface area contributed by atoms with E-state index in [0.717, 1.165) is 69.9 Å². The summed E-state index contributed by atoms with van der Waals surface area (Å²) in [6.45, 7) is 15.5. The van der Waals surface area contributed by atoms with Crippen LogP contribution in [-0.2, 0) is 6.42 Å². The molecule has 2 heteroatoms. The Labute approximate surface area is 339 Å². The van der Waals surface area contributed by atoms with Crippen LogP contribution in [0.5, 0.6) is 0 Å². The van der Waals surface area contributed by atoms with E-state index in [-0.39, 0.29) is 11.8 Å². The molecule has 0 fully saturated rings. The van der Waals surface area contributed by atoms with Gasteiger partial charge in [-0.05, 0) is 157 Å². The van der Waals surface area contributed by atoms with Crippen LogP contribution in [0.2, 0.25) is 0 Å². The van der Waals surface area contributed by atoms with Crippen molar-refractivity contribution in [1.29, 1.82) is 0 Å². The van der Waals surface area contributed by atoms with E-state index in [1.165, 1.54) is 70.7 Å². The molecule has 0 saturated heterocycles. The Morgan fingerprint density at radius 1 is 1.04 bits per heavy atom. The van der Waals surface area contributed by atoms with Crippen LogP contribution in [-0.4, -0.2) is 4.98 Å². The van der Waals surface area contributed by atoms with Crippen LogP contribution < -0.4 is 0 Å². The van der Waals surface area contributed by atoms with Gasteiger partial charge in [-0.15, -0.1) is 24.3 Å². The maximum atomic E-state index is 5.62. The highest BCUT2D eigenvalue weighted by Gasteiger charge is 2.27. The molecule has 1 aromatic carbocycles. The van der Waals surface area contributed by atoms with Crippen molar-refractivity contribution < 1.29 is 0 Å². The van der Waals surface area contributed by atoms with Gasteiger partial charge in [-0.3, -0.25) is 4.98 Å². The Hall–Kier alpha value is -5.49. The minimum Gasteiger partial charge on any atom is -0.256 e. The molecule has 2 heterocycles. The van der Waals surface area contributed by atoms with Crippen molar-refractivity contribution in [2.75, 3.05) is 0 Å². The molecule has 0 N–H and O–H groups in total. The molecule has 4 aliphatic rings. The normalized spacial score (nSPS) is 19.8. The molecule has 0 saturated carbocycles. The molecule has 0 radical (unpaired) electrons. The lowest BCUT2D eigenvalue weighted by Crippen LogP contribution is -2.14. The number of terminal acetylenes is 1. The number of aromatic nitrogens is 1. The lowest BCUT2D eigenvalue weighted by Gasteiger charge is -2.29. The summed E-state index contributed by atoms with van der Waals surface area (Å²) in [4.78, 5) is 5.90. The minimum atomic E-state index is 0.149. The van der Waals surface area contributed by atoms with Crippen LogP contribution in [0.4, 0.5) is 0 Å². The first-order valence-corrected chi connectivity index (χ1v) is 21.1. The summed E-state index contributed by atoms with van der Waals surface area (Å²) >= 11 is 1.88. The highest BCUT2D eigenvalue weighted by Crippen LogP contribution is 2.44. The smallest absolute Gasteiger partial charge is 0.0698 e. The van der Waals surface area contributed by atoms with Gasteiger partial charge in [0.25, 0.3) is 0 Å². The fourth-order valence-corrected chi connectivity index (χ4v) is 10.1. The van der Waals surface area contributed by atoms with Gasteiger partial charge >= 0.3 is 0 Å². The second-order valence-electron chi connectivity index (χ2n) is 15.1. The number of nitrogens with zero attached hydrogens (tertiary/aromatic N) is 1. The average Bonchev–Trinajstić information content (AvgIpc) is 3.80. The number of thiophene rings is 1. The molecule has 56 heavy (non-hydrogen) atoms. The molecule has 0 aliphatic heterocycles. The number of aryl methyl sites for hydroxylation is 2. The summed E-state index contributed by atoms with van der Waals surface area (Å²) in [5, 5.41) is 1.28. The van der Waals surface area contributed by atoms with Crippen molar-refractivity contribution in [2.45, 2.75) is 71.1 Å². The summed E-state index contributed by atoms with van der Waals surface area (Å²) in [5.41, 5.74) is 16.1. The molecule has 0 bridgehead atoms. The number of rotatable bonds is 14. The molecule has 4 aliphatic carbocycles. The summed E-state index contributed by atoms with van der Waals surface area (Å²) in [6, 6.07) is 12.9. The molecular weight excluding hydrogens is 695 g/mol. The first-order valence-electron chi connectivity index (χ1n) is 20.3. The molecule has 7 rings (SSSR count). The molecule has 2 aromatic heterocycles. The molecular formula is C54H53NS. The Morgan fingerprint density at radius 2 is 1.91 bits per heavy atom. The van der Waals surface area contributed by atoms with Crippen LogP contribution in [0.3, 0.4) is 0 Å². The minimum absolute atomic E-state index is 0.149. The highest BCUT2D eigenvalue weighted by atomic mass is 32.1. The number of pyridine rings is 1. The third-order valence-electron chi connectivity index (χ3n) is 11.7. The lowest BCUT2D eigenvalue weighted by atomic mass is 9.75. The van der Waals surface area contributed by atoms with E-state index in [2.05, 4.69) is 134 Å². The first kappa shape index (κ1) is 38.8. The van der Waals surface area contributed by atoms with E-state index < -0.39 is 0 Å². The summed E-state index contributed by atoms with van der Waals surface area (Å²) in [7, 11) is 0. The Morgan fingerprint density at radius 3 is 2.70 bits per heavy atom. The predicted molar refractivity (Wildman–Crippen MR) is 244 cm³/mol. The Kier molecular flexibility index (Phi) is 12.8. The fraction of sp³-hybridized carbons (Fsp3) is 0.241. The number of hydrogen-bond acceptors (Lipinski definition) is 2. The van der Waals surface area contributed by atoms with Gasteiger partial charge in [-0.2, -0.15) is 0 Å². The van der Waals surface area contributed by atoms with Crippen LogP contribution >= 0.6 is 11.3 Å². The zero-order valence-corrected chi connectivity index (χ0v) is 33.7. The summed E-state index contributed by atoms with van der Waals surface area (Å²) in [5.74, 6) is 3.06. The Bertz CT molecular complexity index is 2380. The van der Waals surface area contributed by atoms with Gasteiger partial charge in [-0.25, -0.2) is 0 Å². The van der Waals surface area contributed by atoms with Crippen molar-refractivity contribution in [3.63, 3.8) is 0 Å². The van der Waals surface area contributed by atoms with E-state index in [1.807, 2.05) is 35.8 Å². The molecule has 1 nitrogen and oxygen atoms in total. The van der Waals surface area contributed by atoms with E-state index in [9.17, 15) is 0 Å². The standard InChI is InChI=1S/C54H53NS/c1-6-9-19-43(33-34-44-21-17-26-51-48(22-10-7-2)39(5)56-54(44)51)53(46(18-8-3)37-45-35-30-41-20-11-12-24-49(41)45)50-25-14-13-23-47(50)38(4)40-28-31-42(32-29-40)52-27-15-16-36-55-52/h2,6,8-11,14-17,19-22,25-28,31-32,36-37,40,43H,1,3-4,12-13,18,23-24,29-30,33-35H2,5H3/b19-9-,22-10-,45-37+,53-46+. The number of hydrogen-bond donors (Lipinski definition) is 0. The maximum Gasteiger partial charge on any atom is 0.0698 e. The second kappa shape index (κ2) is 18.4. The molecule has 0 spiro atoms. The van der Waals surface area contributed by atoms with Gasteiger partial charge in [0.05, 0.1) is 5.69 Å². The molecule has 2 unspecified atom stereocenters. The molecule has 3 aromatic rings. The largest absolute Gasteiger partial charge is 0.256 e. The average molecular weight is 748 g/mol. The summed E-state index contributed by atoms with van der Waals surface area (Å²) in [6.07, 6.45) is 49.0. The maximum absolute atomic E-state index is 5.62. The van der Waals surface area contributed by atoms with Crippen molar-refractivity contribution in [1.82, 2.24) is 4.98 Å². The number of allylic oxidation sites excluding steroid dienone is 22. The molecule has 2 atom stereocenters. The number of benzene rings is 1. The molecule has 280 valence electrons. The Balaban J connectivity index is 1.34. The monoisotopic (exact) mass is 747 g/mol. The number of fused-ring (bicyclic) bond motifs is 1. The van der Waals surface area contributed by atoms with E-state index in [4.69, 9.17) is 13.0 Å². The SMILES string of the molecule is C#C/C=C\c1c(C)sc2c(CCC(/C=C\C=C)/C(C3=C(C(=C)C4C=CC(c5ccccn5)=CC4)CCC=C3)=C(\C=C3/CCC4=C3CCC=C4)CC=C)cccc12. The van der Waals surface area contributed by atoms with Gasteiger partial charge < -0.3 is 0 Å². The van der Waals surface area contributed by atoms with E-state index in [1.54, 1.807) is 5.57 Å². The zero-order chi connectivity index (χ0) is 38.9. The lowest BCUT2D eigenvalue weighted by molar-refractivity contribution is 0.671. The van der Waals surface area contributed by atoms with E-state index >= 15 is 0 Å². The summed E-state index contributed by atoms with van der Waals surface area (Å²) < 4.78 is 1.36. The first-order chi connectivity index (χ1) is 27.5. The zero-order valence-electron chi connectivity index (χ0n) is 32.9. The van der Waals surface area contributed by atoms with Crippen molar-refractivity contribution >= 4 is 33.1 Å². The van der Waals surface area contributed by atoms with Gasteiger partial charge in [0.15, 0.2) is 0 Å². The topological polar surface area (TPSA) is 12.9 Å². The van der Waals surface area contributed by atoms with Gasteiger partial charge in [0, 0.05) is 33.0 Å². The highest BCUT2D eigenvalue weighted by molar-refractivity contribution is 7.19. The van der Waals surface area contributed by atoms with Crippen molar-refractivity contribution in [3.05, 3.63) is 208 Å². The van der Waals surface area contributed by atoms with Crippen LogP contribution in [0, 0.1) is 31.1 Å². The van der Waals surface area contributed by atoms with Crippen LogP contribution in [0.15, 0.2) is 186 Å². The second-order valence-corrected chi connectivity index (χ2v) is 16.3. The van der Waals surface area contributed by atoms with Gasteiger partial charge in [0.1, 0.15) is 0 Å².